The van der Waals surface area contributed by atoms with Gasteiger partial charge >= 0.3 is 0 Å². The number of likely N-dealkylation sites (N-methyl/N-ethyl adjacent to an activating group) is 1. The van der Waals surface area contributed by atoms with Gasteiger partial charge in [-0.05, 0) is 48.5 Å². The number of rotatable bonds is 5. The summed E-state index contributed by atoms with van der Waals surface area (Å²) < 4.78 is 1.19. The van der Waals surface area contributed by atoms with Crippen molar-refractivity contribution in [1.82, 2.24) is 19.7 Å². The van der Waals surface area contributed by atoms with Gasteiger partial charge in [-0.15, -0.1) is 11.3 Å². The molecule has 3 aliphatic rings. The summed E-state index contributed by atoms with van der Waals surface area (Å²) in [6.07, 6.45) is 10.8. The zero-order valence-corrected chi connectivity index (χ0v) is 19.2. The molecule has 3 unspecified atom stereocenters. The second-order valence-corrected chi connectivity index (χ2v) is 10.9. The maximum atomic E-state index is 11.4. The van der Waals surface area contributed by atoms with Crippen LogP contribution in [0.4, 0.5) is 0 Å². The van der Waals surface area contributed by atoms with E-state index in [4.69, 9.17) is 0 Å². The van der Waals surface area contributed by atoms with Gasteiger partial charge in [-0.3, -0.25) is 9.69 Å². The summed E-state index contributed by atoms with van der Waals surface area (Å²) in [6.45, 7) is 6.73. The Bertz CT molecular complexity index is 1060. The summed E-state index contributed by atoms with van der Waals surface area (Å²) in [5, 5.41) is 2.15. The van der Waals surface area contributed by atoms with Gasteiger partial charge < -0.3 is 9.80 Å². The van der Waals surface area contributed by atoms with Crippen molar-refractivity contribution in [3.63, 3.8) is 0 Å². The number of thiazole rings is 1. The van der Waals surface area contributed by atoms with E-state index in [1.165, 1.54) is 29.9 Å². The van der Waals surface area contributed by atoms with Crippen molar-refractivity contribution >= 4 is 41.7 Å². The van der Waals surface area contributed by atoms with E-state index in [-0.39, 0.29) is 5.78 Å². The minimum atomic E-state index is 0.262. The molecule has 0 radical (unpaired) electrons. The summed E-state index contributed by atoms with van der Waals surface area (Å²) in [4.78, 5) is 23.4. The smallest absolute Gasteiger partial charge is 0.143 e. The monoisotopic (exact) mass is 438 g/mol. The van der Waals surface area contributed by atoms with Crippen molar-refractivity contribution in [1.29, 1.82) is 0 Å². The van der Waals surface area contributed by atoms with Crippen molar-refractivity contribution in [2.45, 2.75) is 25.2 Å². The number of fused-ring (bicyclic) bond motifs is 2. The fourth-order valence-electron chi connectivity index (χ4n) is 4.48. The number of aromatic nitrogens is 1. The first kappa shape index (κ1) is 19.9. The molecule has 0 spiro atoms. The van der Waals surface area contributed by atoms with E-state index in [0.29, 0.717) is 8.58 Å². The van der Waals surface area contributed by atoms with E-state index in [9.17, 15) is 4.79 Å². The Morgan fingerprint density at radius 2 is 2.20 bits per heavy atom. The summed E-state index contributed by atoms with van der Waals surface area (Å²) in [7, 11) is 2.63. The molecule has 156 valence electrons. The highest BCUT2D eigenvalue weighted by Crippen LogP contribution is 2.41. The highest BCUT2D eigenvalue weighted by molar-refractivity contribution is 7.51. The lowest BCUT2D eigenvalue weighted by Crippen LogP contribution is -2.59. The van der Waals surface area contributed by atoms with Crippen molar-refractivity contribution in [3.8, 4) is 0 Å². The first-order valence-electron chi connectivity index (χ1n) is 10.5. The summed E-state index contributed by atoms with van der Waals surface area (Å²) in [6, 6.07) is 7.10. The molecule has 0 bridgehead atoms. The average Bonchev–Trinajstić information content (AvgIpc) is 3.09. The number of hydrogen-bond donors (Lipinski definition) is 0. The number of aldehydes is 1. The second kappa shape index (κ2) is 8.26. The molecule has 0 saturated carbocycles. The van der Waals surface area contributed by atoms with Crippen LogP contribution in [0, 0.1) is 6.92 Å². The highest BCUT2D eigenvalue weighted by atomic mass is 32.1. The molecule has 0 N–H and O–H groups in total. The zero-order chi connectivity index (χ0) is 20.7. The molecule has 7 heteroatoms. The Labute approximate surface area is 183 Å². The Hall–Kier alpha value is -2.01. The van der Waals surface area contributed by atoms with Crippen LogP contribution < -0.4 is 0 Å². The lowest BCUT2D eigenvalue weighted by Gasteiger charge is -2.49. The van der Waals surface area contributed by atoms with Crippen LogP contribution in [0.15, 0.2) is 48.3 Å². The lowest BCUT2D eigenvalue weighted by atomic mass is 9.99. The van der Waals surface area contributed by atoms with E-state index >= 15 is 0 Å². The molecule has 2 fully saturated rings. The van der Waals surface area contributed by atoms with E-state index in [0.717, 1.165) is 46.8 Å². The molecular weight excluding hydrogens is 411 g/mol. The maximum Gasteiger partial charge on any atom is 0.143 e. The van der Waals surface area contributed by atoms with Gasteiger partial charge in [-0.25, -0.2) is 4.98 Å². The number of carbonyl (C=O) groups excluding carboxylic acids is 1. The minimum absolute atomic E-state index is 0.262. The van der Waals surface area contributed by atoms with Crippen molar-refractivity contribution in [2.24, 2.45) is 0 Å². The lowest BCUT2D eigenvalue weighted by molar-refractivity contribution is -0.104. The second-order valence-electron chi connectivity index (χ2n) is 8.22. The molecule has 3 aliphatic heterocycles. The largest absolute Gasteiger partial charge is 0.368 e. The predicted octanol–water partition coefficient (Wildman–Crippen LogP) is 3.88. The molecule has 0 amide bonds. The molecule has 5 rings (SSSR count). The standard InChI is InChI=1S/C23H27N4OPS/c1-16-24-20-13-17(3-5-22(20)30-16)21(8-12-28)29-23-6-4-18(14-25(23)2)27-11-10-26-9-7-19(26)15-27/h3-6,8,12-14,19,23,29H,7,9-11,15H2,1-2H3/b21-8-. The van der Waals surface area contributed by atoms with E-state index < -0.39 is 0 Å². The molecule has 2 saturated heterocycles. The predicted molar refractivity (Wildman–Crippen MR) is 127 cm³/mol. The number of hydrogen-bond acceptors (Lipinski definition) is 6. The van der Waals surface area contributed by atoms with Gasteiger partial charge in [0.2, 0.25) is 0 Å². The number of piperazine rings is 1. The van der Waals surface area contributed by atoms with Gasteiger partial charge in [0.1, 0.15) is 6.29 Å². The van der Waals surface area contributed by atoms with Crippen LogP contribution in [0.3, 0.4) is 0 Å². The molecular formula is C23H27N4OPS. The molecule has 30 heavy (non-hydrogen) atoms. The number of carbonyl (C=O) groups is 1. The molecule has 4 heterocycles. The van der Waals surface area contributed by atoms with Gasteiger partial charge in [0.15, 0.2) is 0 Å². The average molecular weight is 439 g/mol. The molecule has 1 aromatic carbocycles. The Morgan fingerprint density at radius 3 is 2.93 bits per heavy atom. The topological polar surface area (TPSA) is 39.7 Å². The summed E-state index contributed by atoms with van der Waals surface area (Å²) in [5.41, 5.74) is 3.42. The van der Waals surface area contributed by atoms with Crippen LogP contribution >= 0.6 is 19.9 Å². The van der Waals surface area contributed by atoms with Crippen LogP contribution in [-0.4, -0.2) is 71.0 Å². The fraction of sp³-hybridized carbons (Fsp3) is 0.391. The van der Waals surface area contributed by atoms with Gasteiger partial charge in [0, 0.05) is 45.5 Å². The normalized spacial score (nSPS) is 25.0. The van der Waals surface area contributed by atoms with Crippen LogP contribution in [-0.2, 0) is 4.79 Å². The van der Waals surface area contributed by atoms with E-state index in [2.05, 4.69) is 63.3 Å². The molecule has 1 aromatic heterocycles. The van der Waals surface area contributed by atoms with E-state index in [1.54, 1.807) is 17.4 Å². The van der Waals surface area contributed by atoms with Crippen molar-refractivity contribution < 1.29 is 4.79 Å². The number of benzene rings is 1. The Kier molecular flexibility index (Phi) is 5.48. The first-order chi connectivity index (χ1) is 14.6. The van der Waals surface area contributed by atoms with Crippen molar-refractivity contribution in [2.75, 3.05) is 33.2 Å². The van der Waals surface area contributed by atoms with Gasteiger partial charge in [0.05, 0.1) is 26.7 Å². The fourth-order valence-corrected chi connectivity index (χ4v) is 6.57. The summed E-state index contributed by atoms with van der Waals surface area (Å²) >= 11 is 1.71. The van der Waals surface area contributed by atoms with Gasteiger partial charge in [0.25, 0.3) is 0 Å². The van der Waals surface area contributed by atoms with Gasteiger partial charge in [-0.1, -0.05) is 20.7 Å². The third-order valence-corrected chi connectivity index (χ3v) is 8.90. The Morgan fingerprint density at radius 1 is 1.30 bits per heavy atom. The van der Waals surface area contributed by atoms with Gasteiger partial charge in [-0.2, -0.15) is 0 Å². The van der Waals surface area contributed by atoms with E-state index in [1.807, 2.05) is 6.92 Å². The molecule has 0 aliphatic carbocycles. The Balaban J connectivity index is 1.31. The van der Waals surface area contributed by atoms with Crippen LogP contribution in [0.5, 0.6) is 0 Å². The maximum absolute atomic E-state index is 11.4. The summed E-state index contributed by atoms with van der Waals surface area (Å²) in [5.74, 6) is 0.262. The number of aryl methyl sites for hydroxylation is 1. The SMILES string of the molecule is Cc1nc2cc(/C(=C/C=O)PC3C=CC(N4CCN5CCC5C4)=CN3C)ccc2s1. The first-order valence-corrected chi connectivity index (χ1v) is 12.4. The highest BCUT2D eigenvalue weighted by Gasteiger charge is 2.34. The third-order valence-electron chi connectivity index (χ3n) is 6.29. The van der Waals surface area contributed by atoms with Crippen LogP contribution in [0.1, 0.15) is 17.0 Å². The minimum Gasteiger partial charge on any atom is -0.368 e. The zero-order valence-electron chi connectivity index (χ0n) is 17.4. The van der Waals surface area contributed by atoms with Crippen LogP contribution in [0.2, 0.25) is 0 Å². The van der Waals surface area contributed by atoms with Crippen LogP contribution in [0.25, 0.3) is 15.5 Å². The molecule has 2 aromatic rings. The number of nitrogens with zero attached hydrogens (tertiary/aromatic N) is 4. The van der Waals surface area contributed by atoms with Crippen molar-refractivity contribution in [3.05, 3.63) is 58.9 Å². The quantitative estimate of drug-likeness (QED) is 0.403. The molecule has 3 atom stereocenters. The number of allylic oxidation sites excluding steroid dienone is 2. The molecule has 5 nitrogen and oxygen atoms in total. The third kappa shape index (κ3) is 3.84.